The molecule has 1 aromatic carbocycles. The van der Waals surface area contributed by atoms with E-state index in [2.05, 4.69) is 20.3 Å². The number of carbonyl (C=O) groups is 1. The molecule has 1 aliphatic heterocycles. The van der Waals surface area contributed by atoms with Gasteiger partial charge in [-0.05, 0) is 38.8 Å². The average Bonchev–Trinajstić information content (AvgIpc) is 3.30. The number of rotatable bonds is 7. The highest BCUT2D eigenvalue weighted by molar-refractivity contribution is 7.89. The van der Waals surface area contributed by atoms with Crippen LogP contribution in [0.5, 0.6) is 0 Å². The van der Waals surface area contributed by atoms with Gasteiger partial charge in [0, 0.05) is 17.0 Å². The summed E-state index contributed by atoms with van der Waals surface area (Å²) < 4.78 is 39.8. The van der Waals surface area contributed by atoms with Gasteiger partial charge in [-0.3, -0.25) is 9.59 Å². The first-order chi connectivity index (χ1) is 15.6. The molecule has 1 aliphatic carbocycles. The molecule has 0 atom stereocenters. The maximum Gasteiger partial charge on any atom is 0.275 e. The summed E-state index contributed by atoms with van der Waals surface area (Å²) in [5.74, 6) is -0.0951. The summed E-state index contributed by atoms with van der Waals surface area (Å²) in [6.07, 6.45) is 1.50. The lowest BCUT2D eigenvalue weighted by atomic mass is 10.1. The molecule has 2 N–H and O–H groups in total. The monoisotopic (exact) mass is 473 g/mol. The lowest BCUT2D eigenvalue weighted by Gasteiger charge is -2.26. The summed E-state index contributed by atoms with van der Waals surface area (Å²) in [6, 6.07) is 5.63. The molecule has 0 spiro atoms. The van der Waals surface area contributed by atoms with Crippen molar-refractivity contribution in [2.75, 3.05) is 13.2 Å². The second kappa shape index (κ2) is 7.75. The van der Waals surface area contributed by atoms with Gasteiger partial charge in [0.2, 0.25) is 10.0 Å². The molecule has 1 saturated heterocycles. The van der Waals surface area contributed by atoms with E-state index in [1.54, 1.807) is 13.0 Å². The molecule has 174 valence electrons. The van der Waals surface area contributed by atoms with Crippen LogP contribution < -0.4 is 15.6 Å². The molecule has 12 heteroatoms. The first-order valence-electron chi connectivity index (χ1n) is 10.5. The van der Waals surface area contributed by atoms with E-state index in [1.807, 2.05) is 6.92 Å². The maximum atomic E-state index is 13.3. The van der Waals surface area contributed by atoms with E-state index in [9.17, 15) is 18.0 Å². The van der Waals surface area contributed by atoms with E-state index in [-0.39, 0.29) is 33.9 Å². The van der Waals surface area contributed by atoms with E-state index in [0.29, 0.717) is 24.7 Å². The minimum absolute atomic E-state index is 0.0128. The van der Waals surface area contributed by atoms with Gasteiger partial charge in [0.15, 0.2) is 11.5 Å². The molecular weight excluding hydrogens is 450 g/mol. The van der Waals surface area contributed by atoms with Crippen LogP contribution in [-0.4, -0.2) is 54.1 Å². The minimum atomic E-state index is -3.84. The first-order valence-corrected chi connectivity index (χ1v) is 12.0. The fraction of sp³-hybridized carbons (Fsp3) is 0.429. The van der Waals surface area contributed by atoms with E-state index >= 15 is 0 Å². The Balaban J connectivity index is 1.61. The van der Waals surface area contributed by atoms with Crippen LogP contribution in [0.15, 0.2) is 38.5 Å². The second-order valence-electron chi connectivity index (χ2n) is 8.83. The van der Waals surface area contributed by atoms with Crippen LogP contribution >= 0.6 is 0 Å². The van der Waals surface area contributed by atoms with Crippen LogP contribution in [0.3, 0.4) is 0 Å². The highest BCUT2D eigenvalue weighted by atomic mass is 32.2. The van der Waals surface area contributed by atoms with Gasteiger partial charge in [-0.1, -0.05) is 11.2 Å². The van der Waals surface area contributed by atoms with Gasteiger partial charge in [-0.15, -0.1) is 0 Å². The molecule has 5 rings (SSSR count). The highest BCUT2D eigenvalue weighted by Gasteiger charge is 2.41. The number of amides is 1. The average molecular weight is 474 g/mol. The largest absolute Gasteiger partial charge is 0.377 e. The van der Waals surface area contributed by atoms with Crippen molar-refractivity contribution >= 4 is 26.7 Å². The fourth-order valence-electron chi connectivity index (χ4n) is 3.59. The lowest BCUT2D eigenvalue weighted by Crippen LogP contribution is -2.49. The zero-order valence-corrected chi connectivity index (χ0v) is 18.9. The van der Waals surface area contributed by atoms with E-state index in [4.69, 9.17) is 9.26 Å². The molecule has 1 amide bonds. The second-order valence-corrected chi connectivity index (χ2v) is 10.5. The highest BCUT2D eigenvalue weighted by Crippen LogP contribution is 2.36. The molecule has 3 heterocycles. The Hall–Kier alpha value is -3.09. The Bertz CT molecular complexity index is 1420. The van der Waals surface area contributed by atoms with Crippen molar-refractivity contribution < 1.29 is 22.5 Å². The summed E-state index contributed by atoms with van der Waals surface area (Å²) >= 11 is 0. The number of hydrogen-bond donors (Lipinski definition) is 2. The van der Waals surface area contributed by atoms with Crippen molar-refractivity contribution in [1.82, 2.24) is 25.0 Å². The molecule has 3 aromatic rings. The van der Waals surface area contributed by atoms with Gasteiger partial charge >= 0.3 is 0 Å². The number of aryl methyl sites for hydroxylation is 1. The van der Waals surface area contributed by atoms with Crippen molar-refractivity contribution in [3.63, 3.8) is 0 Å². The normalized spacial score (nSPS) is 17.6. The van der Waals surface area contributed by atoms with E-state index in [0.717, 1.165) is 17.5 Å². The lowest BCUT2D eigenvalue weighted by molar-refractivity contribution is -0.00355. The number of hydrogen-bond acceptors (Lipinski definition) is 8. The van der Waals surface area contributed by atoms with Crippen LogP contribution in [0.25, 0.3) is 10.8 Å². The zero-order chi connectivity index (χ0) is 23.4. The van der Waals surface area contributed by atoms with Crippen LogP contribution in [0.2, 0.25) is 0 Å². The number of ether oxygens (including phenoxy) is 1. The molecule has 0 radical (unpaired) electrons. The Morgan fingerprint density at radius 3 is 2.61 bits per heavy atom. The standard InChI is InChI=1S/C21H23N5O6S/c1-12-7-14(32-24-12)9-26-20(28)17-8-15(33(29,30)25-21(2)5-6-21)3-4-16(17)18(23-26)19(27)22-13-10-31-11-13/h3-4,7-8,13,25H,5-6,9-11H2,1-2H3,(H,22,27). The molecule has 2 aromatic heterocycles. The van der Waals surface area contributed by atoms with Gasteiger partial charge in [0.25, 0.3) is 11.5 Å². The zero-order valence-electron chi connectivity index (χ0n) is 18.1. The van der Waals surface area contributed by atoms with Gasteiger partial charge < -0.3 is 14.6 Å². The Labute approximate surface area is 189 Å². The molecular formula is C21H23N5O6S. The molecule has 0 unspecified atom stereocenters. The number of fused-ring (bicyclic) bond motifs is 1. The summed E-state index contributed by atoms with van der Waals surface area (Å²) in [6.45, 7) is 4.30. The molecule has 1 saturated carbocycles. The van der Waals surface area contributed by atoms with Gasteiger partial charge in [0.05, 0.1) is 35.2 Å². The van der Waals surface area contributed by atoms with Crippen LogP contribution in [-0.2, 0) is 21.3 Å². The Morgan fingerprint density at radius 1 is 1.24 bits per heavy atom. The fourth-order valence-corrected chi connectivity index (χ4v) is 5.08. The molecule has 0 bridgehead atoms. The topological polar surface area (TPSA) is 145 Å². The summed E-state index contributed by atoms with van der Waals surface area (Å²) in [7, 11) is -3.84. The molecule has 11 nitrogen and oxygen atoms in total. The maximum absolute atomic E-state index is 13.3. The first kappa shape index (κ1) is 21.7. The molecule has 2 fully saturated rings. The smallest absolute Gasteiger partial charge is 0.275 e. The molecule has 2 aliphatic rings. The third-order valence-corrected chi connectivity index (χ3v) is 7.43. The third kappa shape index (κ3) is 4.28. The van der Waals surface area contributed by atoms with Gasteiger partial charge in [0.1, 0.15) is 6.54 Å². The van der Waals surface area contributed by atoms with Crippen molar-refractivity contribution in [3.8, 4) is 0 Å². The van der Waals surface area contributed by atoms with Gasteiger partial charge in [-0.2, -0.15) is 5.10 Å². The van der Waals surface area contributed by atoms with Gasteiger partial charge in [-0.25, -0.2) is 17.8 Å². The summed E-state index contributed by atoms with van der Waals surface area (Å²) in [4.78, 5) is 26.2. The predicted molar refractivity (Wildman–Crippen MR) is 116 cm³/mol. The minimum Gasteiger partial charge on any atom is -0.377 e. The Kier molecular flexibility index (Phi) is 5.10. The number of nitrogens with one attached hydrogen (secondary N) is 2. The number of aromatic nitrogens is 3. The number of benzene rings is 1. The quantitative estimate of drug-likeness (QED) is 0.510. The van der Waals surface area contributed by atoms with E-state index in [1.165, 1.54) is 18.2 Å². The summed E-state index contributed by atoms with van der Waals surface area (Å²) in [5.41, 5.74) is -0.363. The number of sulfonamides is 1. The van der Waals surface area contributed by atoms with E-state index < -0.39 is 27.0 Å². The van der Waals surface area contributed by atoms with Crippen LogP contribution in [0.1, 0.15) is 41.7 Å². The van der Waals surface area contributed by atoms with Crippen molar-refractivity contribution in [2.45, 2.75) is 49.7 Å². The Morgan fingerprint density at radius 2 is 2.00 bits per heavy atom. The number of nitrogens with zero attached hydrogens (tertiary/aromatic N) is 3. The van der Waals surface area contributed by atoms with Crippen LogP contribution in [0.4, 0.5) is 0 Å². The van der Waals surface area contributed by atoms with Crippen molar-refractivity contribution in [1.29, 1.82) is 0 Å². The number of carbonyl (C=O) groups excluding carboxylic acids is 1. The third-order valence-electron chi connectivity index (χ3n) is 5.79. The van der Waals surface area contributed by atoms with Crippen LogP contribution in [0, 0.1) is 6.92 Å². The van der Waals surface area contributed by atoms with Crippen molar-refractivity contribution in [2.24, 2.45) is 0 Å². The predicted octanol–water partition coefficient (Wildman–Crippen LogP) is 0.701. The molecule has 33 heavy (non-hydrogen) atoms. The SMILES string of the molecule is Cc1cc(Cn2nc(C(=O)NC3COC3)c3ccc(S(=O)(=O)NC4(C)CC4)cc3c2=O)on1. The van der Waals surface area contributed by atoms with Crippen molar-refractivity contribution in [3.05, 3.63) is 51.8 Å². The summed E-state index contributed by atoms with van der Waals surface area (Å²) in [5, 5.41) is 11.2.